The fourth-order valence-corrected chi connectivity index (χ4v) is 2.11. The molecule has 3 nitrogen and oxygen atoms in total. The summed E-state index contributed by atoms with van der Waals surface area (Å²) in [5.41, 5.74) is 7.14. The van der Waals surface area contributed by atoms with E-state index in [0.717, 1.165) is 29.5 Å². The van der Waals surface area contributed by atoms with Gasteiger partial charge in [-0.05, 0) is 52.9 Å². The maximum absolute atomic E-state index is 8.44. The van der Waals surface area contributed by atoms with E-state index in [1.165, 1.54) is 5.56 Å². The van der Waals surface area contributed by atoms with Crippen LogP contribution in [0.4, 0.5) is 0 Å². The van der Waals surface area contributed by atoms with Crippen LogP contribution in [-0.2, 0) is 6.42 Å². The second kappa shape index (κ2) is 8.12. The normalized spacial score (nSPS) is 11.9. The first-order valence-corrected chi connectivity index (χ1v) is 7.00. The van der Waals surface area contributed by atoms with Crippen LogP contribution in [-0.4, -0.2) is 12.6 Å². The van der Waals surface area contributed by atoms with Crippen molar-refractivity contribution in [3.63, 3.8) is 0 Å². The van der Waals surface area contributed by atoms with E-state index < -0.39 is 0 Å². The number of rotatable bonds is 7. The summed E-state index contributed by atoms with van der Waals surface area (Å²) in [5.74, 6) is 0.821. The first-order chi connectivity index (χ1) is 8.67. The smallest absolute Gasteiger partial charge is 0.133 e. The molecule has 18 heavy (non-hydrogen) atoms. The molecule has 98 valence electrons. The number of nitrogens with two attached hydrogens (primary N) is 1. The Labute approximate surface area is 117 Å². The summed E-state index contributed by atoms with van der Waals surface area (Å²) >= 11 is 3.50. The predicted octanol–water partition coefficient (Wildman–Crippen LogP) is 3.41. The van der Waals surface area contributed by atoms with E-state index in [4.69, 9.17) is 15.7 Å². The fraction of sp³-hybridized carbons (Fsp3) is 0.500. The largest absolute Gasteiger partial charge is 0.492 e. The highest BCUT2D eigenvalue weighted by atomic mass is 79.9. The molecular formula is C14H19BrN2O. The Hall–Kier alpha value is -1.05. The molecule has 1 aromatic carbocycles. The molecule has 0 heterocycles. The molecule has 0 aliphatic heterocycles. The maximum atomic E-state index is 8.44. The van der Waals surface area contributed by atoms with E-state index >= 15 is 0 Å². The molecule has 0 saturated carbocycles. The fourth-order valence-electron chi connectivity index (χ4n) is 1.57. The molecular weight excluding hydrogens is 292 g/mol. The van der Waals surface area contributed by atoms with Crippen molar-refractivity contribution in [1.82, 2.24) is 0 Å². The number of halogens is 1. The monoisotopic (exact) mass is 310 g/mol. The van der Waals surface area contributed by atoms with Gasteiger partial charge in [-0.2, -0.15) is 5.26 Å². The Morgan fingerprint density at radius 1 is 1.50 bits per heavy atom. The van der Waals surface area contributed by atoms with Crippen LogP contribution in [0.25, 0.3) is 0 Å². The Kier molecular flexibility index (Phi) is 6.77. The van der Waals surface area contributed by atoms with E-state index in [1.807, 2.05) is 12.1 Å². The number of hydrogen-bond donors (Lipinski definition) is 1. The van der Waals surface area contributed by atoms with Crippen molar-refractivity contribution in [2.45, 2.75) is 38.6 Å². The summed E-state index contributed by atoms with van der Waals surface area (Å²) in [6, 6.07) is 8.35. The highest BCUT2D eigenvalue weighted by molar-refractivity contribution is 9.10. The van der Waals surface area contributed by atoms with Crippen molar-refractivity contribution in [2.24, 2.45) is 5.73 Å². The average molecular weight is 311 g/mol. The standard InChI is InChI=1S/C14H19BrN2O/c1-2-12(17)9-11-5-6-14(13(15)10-11)18-8-4-3-7-16/h5-6,10,12H,2-4,8-9,17H2,1H3. The van der Waals surface area contributed by atoms with Gasteiger partial charge >= 0.3 is 0 Å². The molecule has 0 fully saturated rings. The summed E-state index contributed by atoms with van der Waals surface area (Å²) in [5, 5.41) is 8.44. The first-order valence-electron chi connectivity index (χ1n) is 6.21. The SMILES string of the molecule is CCC(N)Cc1ccc(OCCCC#N)c(Br)c1. The number of nitrogens with zero attached hydrogens (tertiary/aromatic N) is 1. The Balaban J connectivity index is 2.54. The molecule has 0 spiro atoms. The van der Waals surface area contributed by atoms with Gasteiger partial charge in [-0.1, -0.05) is 13.0 Å². The lowest BCUT2D eigenvalue weighted by molar-refractivity contribution is 0.310. The van der Waals surface area contributed by atoms with Crippen molar-refractivity contribution < 1.29 is 4.74 Å². The minimum atomic E-state index is 0.208. The summed E-state index contributed by atoms with van der Waals surface area (Å²) in [6.07, 6.45) is 3.14. The van der Waals surface area contributed by atoms with Crippen molar-refractivity contribution in [2.75, 3.05) is 6.61 Å². The summed E-state index contributed by atoms with van der Waals surface area (Å²) in [7, 11) is 0. The molecule has 0 radical (unpaired) electrons. The highest BCUT2D eigenvalue weighted by Crippen LogP contribution is 2.26. The summed E-state index contributed by atoms with van der Waals surface area (Å²) in [6.45, 7) is 2.66. The van der Waals surface area contributed by atoms with Crippen LogP contribution in [0, 0.1) is 11.3 Å². The molecule has 1 atom stereocenters. The van der Waals surface area contributed by atoms with E-state index in [9.17, 15) is 0 Å². The van der Waals surface area contributed by atoms with Crippen LogP contribution in [0.5, 0.6) is 5.75 Å². The van der Waals surface area contributed by atoms with Crippen LogP contribution < -0.4 is 10.5 Å². The quantitative estimate of drug-likeness (QED) is 0.785. The summed E-state index contributed by atoms with van der Waals surface area (Å²) in [4.78, 5) is 0. The van der Waals surface area contributed by atoms with Gasteiger partial charge in [0, 0.05) is 12.5 Å². The third kappa shape index (κ3) is 5.07. The molecule has 1 unspecified atom stereocenters. The maximum Gasteiger partial charge on any atom is 0.133 e. The zero-order valence-electron chi connectivity index (χ0n) is 10.7. The molecule has 0 aliphatic carbocycles. The van der Waals surface area contributed by atoms with Crippen molar-refractivity contribution in [1.29, 1.82) is 5.26 Å². The van der Waals surface area contributed by atoms with Gasteiger partial charge in [0.25, 0.3) is 0 Å². The predicted molar refractivity (Wildman–Crippen MR) is 76.5 cm³/mol. The topological polar surface area (TPSA) is 59.0 Å². The molecule has 0 saturated heterocycles. The zero-order valence-corrected chi connectivity index (χ0v) is 12.2. The Morgan fingerprint density at radius 2 is 2.28 bits per heavy atom. The van der Waals surface area contributed by atoms with Crippen LogP contribution >= 0.6 is 15.9 Å². The van der Waals surface area contributed by atoms with Gasteiger partial charge in [0.15, 0.2) is 0 Å². The first kappa shape index (κ1) is 15.0. The third-order valence-corrected chi connectivity index (χ3v) is 3.33. The molecule has 0 amide bonds. The van der Waals surface area contributed by atoms with Crippen molar-refractivity contribution >= 4 is 15.9 Å². The van der Waals surface area contributed by atoms with Crippen LogP contribution in [0.2, 0.25) is 0 Å². The summed E-state index contributed by atoms with van der Waals surface area (Å²) < 4.78 is 6.54. The number of hydrogen-bond acceptors (Lipinski definition) is 3. The molecule has 4 heteroatoms. The van der Waals surface area contributed by atoms with Gasteiger partial charge < -0.3 is 10.5 Å². The lowest BCUT2D eigenvalue weighted by Gasteiger charge is -2.11. The second-order valence-corrected chi connectivity index (χ2v) is 5.10. The van der Waals surface area contributed by atoms with Crippen molar-refractivity contribution in [3.8, 4) is 11.8 Å². The molecule has 1 rings (SSSR count). The number of benzene rings is 1. The Morgan fingerprint density at radius 3 is 2.89 bits per heavy atom. The molecule has 0 bridgehead atoms. The third-order valence-electron chi connectivity index (χ3n) is 2.71. The second-order valence-electron chi connectivity index (χ2n) is 4.25. The zero-order chi connectivity index (χ0) is 13.4. The highest BCUT2D eigenvalue weighted by Gasteiger charge is 2.05. The van der Waals surface area contributed by atoms with Gasteiger partial charge in [-0.15, -0.1) is 0 Å². The molecule has 0 aliphatic rings. The average Bonchev–Trinajstić information content (AvgIpc) is 2.36. The van der Waals surface area contributed by atoms with Gasteiger partial charge in [0.1, 0.15) is 5.75 Å². The van der Waals surface area contributed by atoms with Crippen LogP contribution in [0.15, 0.2) is 22.7 Å². The number of ether oxygens (including phenoxy) is 1. The van der Waals surface area contributed by atoms with E-state index in [0.29, 0.717) is 13.0 Å². The number of nitriles is 1. The van der Waals surface area contributed by atoms with Crippen molar-refractivity contribution in [3.05, 3.63) is 28.2 Å². The molecule has 1 aromatic rings. The minimum absolute atomic E-state index is 0.208. The van der Waals surface area contributed by atoms with Gasteiger partial charge in [-0.3, -0.25) is 0 Å². The van der Waals surface area contributed by atoms with Crippen LogP contribution in [0.1, 0.15) is 31.7 Å². The van der Waals surface area contributed by atoms with Gasteiger partial charge in [0.2, 0.25) is 0 Å². The van der Waals surface area contributed by atoms with E-state index in [-0.39, 0.29) is 6.04 Å². The molecule has 0 aromatic heterocycles. The van der Waals surface area contributed by atoms with Gasteiger partial charge in [-0.25, -0.2) is 0 Å². The van der Waals surface area contributed by atoms with Crippen LogP contribution in [0.3, 0.4) is 0 Å². The minimum Gasteiger partial charge on any atom is -0.492 e. The van der Waals surface area contributed by atoms with Gasteiger partial charge in [0.05, 0.1) is 17.1 Å². The number of unbranched alkanes of at least 4 members (excludes halogenated alkanes) is 1. The molecule has 2 N–H and O–H groups in total. The van der Waals surface area contributed by atoms with E-state index in [1.54, 1.807) is 0 Å². The lowest BCUT2D eigenvalue weighted by Crippen LogP contribution is -2.21. The lowest BCUT2D eigenvalue weighted by atomic mass is 10.0. The Bertz CT molecular complexity index is 415. The van der Waals surface area contributed by atoms with E-state index in [2.05, 4.69) is 35.0 Å².